The van der Waals surface area contributed by atoms with Crippen molar-refractivity contribution in [3.8, 4) is 11.5 Å². The molecule has 1 aromatic heterocycles. The van der Waals surface area contributed by atoms with Gasteiger partial charge in [-0.3, -0.25) is 4.79 Å². The molecule has 9 heteroatoms. The Morgan fingerprint density at radius 3 is 2.56 bits per heavy atom. The van der Waals surface area contributed by atoms with E-state index in [9.17, 15) is 17.6 Å². The summed E-state index contributed by atoms with van der Waals surface area (Å²) in [6, 6.07) is 9.16. The number of benzene rings is 2. The van der Waals surface area contributed by atoms with Gasteiger partial charge >= 0.3 is 0 Å². The number of aromatic nitrogens is 1. The highest BCUT2D eigenvalue weighted by Gasteiger charge is 2.30. The topological polar surface area (TPSA) is 77.8 Å². The van der Waals surface area contributed by atoms with Gasteiger partial charge in [0.2, 0.25) is 0 Å². The normalized spacial score (nSPS) is 14.0. The maximum atomic E-state index is 14.5. The third-order valence-electron chi connectivity index (χ3n) is 5.50. The highest BCUT2D eigenvalue weighted by molar-refractivity contribution is 7.90. The average Bonchev–Trinajstić information content (AvgIpc) is 3.06. The summed E-state index contributed by atoms with van der Waals surface area (Å²) in [6.45, 7) is 4.69. The molecular weight excluding hydrogens is 435 g/mol. The fourth-order valence-corrected chi connectivity index (χ4v) is 4.74. The molecule has 0 spiro atoms. The highest BCUT2D eigenvalue weighted by atomic mass is 32.2. The van der Waals surface area contributed by atoms with Crippen LogP contribution in [-0.2, 0) is 22.9 Å². The molecule has 0 radical (unpaired) electrons. The molecule has 0 atom stereocenters. The molecule has 1 aliphatic rings. The van der Waals surface area contributed by atoms with E-state index in [0.29, 0.717) is 41.2 Å². The third kappa shape index (κ3) is 3.81. The van der Waals surface area contributed by atoms with E-state index >= 15 is 0 Å². The molecule has 0 bridgehead atoms. The maximum absolute atomic E-state index is 14.5. The van der Waals surface area contributed by atoms with Gasteiger partial charge in [0, 0.05) is 19.3 Å². The molecule has 2 heterocycles. The molecule has 3 aromatic rings. The summed E-state index contributed by atoms with van der Waals surface area (Å²) >= 11 is 0. The van der Waals surface area contributed by atoms with Gasteiger partial charge in [0.15, 0.2) is 15.6 Å². The molecule has 4 rings (SSSR count). The van der Waals surface area contributed by atoms with Crippen LogP contribution in [0.15, 0.2) is 41.3 Å². The minimum atomic E-state index is -3.51. The van der Waals surface area contributed by atoms with Crippen LogP contribution in [0.3, 0.4) is 0 Å². The van der Waals surface area contributed by atoms with E-state index in [-0.39, 0.29) is 34.8 Å². The maximum Gasteiger partial charge on any atom is 0.258 e. The van der Waals surface area contributed by atoms with Crippen molar-refractivity contribution in [1.29, 1.82) is 0 Å². The Morgan fingerprint density at radius 1 is 1.16 bits per heavy atom. The van der Waals surface area contributed by atoms with Crippen LogP contribution >= 0.6 is 0 Å². The van der Waals surface area contributed by atoms with Gasteiger partial charge in [0.25, 0.3) is 5.91 Å². The molecule has 2 aromatic carbocycles. The van der Waals surface area contributed by atoms with Crippen molar-refractivity contribution in [2.24, 2.45) is 0 Å². The summed E-state index contributed by atoms with van der Waals surface area (Å²) in [6.07, 6.45) is 0.899. The predicted molar refractivity (Wildman–Crippen MR) is 119 cm³/mol. The SMILES string of the molecule is COc1c2n(c3cccc(F)c13)CCN(C(=O)c1cc(S(C)(=O)=O)ccc1OC(C)C)C2. The number of nitrogens with zero attached hydrogens (tertiary/aromatic N) is 2. The molecular formula is C23H25FN2O5S. The first-order valence-electron chi connectivity index (χ1n) is 10.3. The molecule has 0 saturated heterocycles. The van der Waals surface area contributed by atoms with E-state index in [1.807, 2.05) is 24.5 Å². The number of halogens is 1. The summed E-state index contributed by atoms with van der Waals surface area (Å²) in [5.74, 6) is -0.0153. The van der Waals surface area contributed by atoms with Gasteiger partial charge in [-0.2, -0.15) is 0 Å². The van der Waals surface area contributed by atoms with Crippen LogP contribution in [0.2, 0.25) is 0 Å². The van der Waals surface area contributed by atoms with Crippen molar-refractivity contribution >= 4 is 26.6 Å². The zero-order chi connectivity index (χ0) is 23.2. The first-order chi connectivity index (χ1) is 15.1. The molecule has 7 nitrogen and oxygen atoms in total. The Morgan fingerprint density at radius 2 is 1.91 bits per heavy atom. The van der Waals surface area contributed by atoms with Gasteiger partial charge in [0.05, 0.1) is 46.8 Å². The lowest BCUT2D eigenvalue weighted by molar-refractivity contribution is 0.0704. The largest absolute Gasteiger partial charge is 0.494 e. The van der Waals surface area contributed by atoms with E-state index in [1.165, 1.54) is 31.4 Å². The van der Waals surface area contributed by atoms with Crippen LogP contribution < -0.4 is 9.47 Å². The van der Waals surface area contributed by atoms with Gasteiger partial charge in [-0.1, -0.05) is 6.07 Å². The van der Waals surface area contributed by atoms with Crippen LogP contribution in [0.25, 0.3) is 10.9 Å². The van der Waals surface area contributed by atoms with E-state index in [1.54, 1.807) is 11.0 Å². The standard InChI is InChI=1S/C23H25FN2O5S/c1-14(2)31-20-9-8-15(32(4,28)29)12-16(20)23(27)25-10-11-26-18-7-5-6-17(24)21(18)22(30-3)19(26)13-25/h5-9,12,14H,10-11,13H2,1-4H3. The number of rotatable bonds is 5. The van der Waals surface area contributed by atoms with E-state index in [2.05, 4.69) is 0 Å². The molecule has 0 N–H and O–H groups in total. The second kappa shape index (κ2) is 8.12. The van der Waals surface area contributed by atoms with Crippen LogP contribution in [0.5, 0.6) is 11.5 Å². The zero-order valence-electron chi connectivity index (χ0n) is 18.4. The first-order valence-corrected chi connectivity index (χ1v) is 12.1. The van der Waals surface area contributed by atoms with Crippen molar-refractivity contribution in [1.82, 2.24) is 9.47 Å². The predicted octanol–water partition coefficient (Wildman–Crippen LogP) is 3.64. The lowest BCUT2D eigenvalue weighted by atomic mass is 10.1. The van der Waals surface area contributed by atoms with Crippen molar-refractivity contribution in [2.75, 3.05) is 19.9 Å². The lowest BCUT2D eigenvalue weighted by Crippen LogP contribution is -2.38. The lowest BCUT2D eigenvalue weighted by Gasteiger charge is -2.30. The van der Waals surface area contributed by atoms with Crippen LogP contribution in [0.4, 0.5) is 4.39 Å². The Hall–Kier alpha value is -3.07. The van der Waals surface area contributed by atoms with Gasteiger partial charge in [-0.05, 0) is 44.2 Å². The number of fused-ring (bicyclic) bond motifs is 3. The fraction of sp³-hybridized carbons (Fsp3) is 0.348. The number of hydrogen-bond donors (Lipinski definition) is 0. The summed E-state index contributed by atoms with van der Waals surface area (Å²) in [5, 5.41) is 0.391. The average molecular weight is 461 g/mol. The van der Waals surface area contributed by atoms with Gasteiger partial charge < -0.3 is 18.9 Å². The van der Waals surface area contributed by atoms with E-state index < -0.39 is 9.84 Å². The summed E-state index contributed by atoms with van der Waals surface area (Å²) in [4.78, 5) is 15.1. The molecule has 1 aliphatic heterocycles. The highest BCUT2D eigenvalue weighted by Crippen LogP contribution is 2.38. The van der Waals surface area contributed by atoms with Crippen molar-refractivity contribution in [3.63, 3.8) is 0 Å². The van der Waals surface area contributed by atoms with Gasteiger partial charge in [0.1, 0.15) is 11.6 Å². The smallest absolute Gasteiger partial charge is 0.258 e. The molecule has 0 saturated carbocycles. The Bertz CT molecular complexity index is 1310. The number of sulfone groups is 1. The zero-order valence-corrected chi connectivity index (χ0v) is 19.2. The Labute approximate surface area is 186 Å². The minimum absolute atomic E-state index is 0.0442. The number of hydrogen-bond acceptors (Lipinski definition) is 5. The summed E-state index contributed by atoms with van der Waals surface area (Å²) < 4.78 is 51.9. The first kappa shape index (κ1) is 22.1. The van der Waals surface area contributed by atoms with Crippen molar-refractivity contribution in [3.05, 3.63) is 53.5 Å². The van der Waals surface area contributed by atoms with Crippen molar-refractivity contribution < 1.29 is 27.1 Å². The van der Waals surface area contributed by atoms with Crippen LogP contribution in [-0.4, -0.2) is 49.8 Å². The molecule has 0 unspecified atom stereocenters. The monoisotopic (exact) mass is 460 g/mol. The van der Waals surface area contributed by atoms with Crippen LogP contribution in [0, 0.1) is 5.82 Å². The summed E-state index contributed by atoms with van der Waals surface area (Å²) in [5.41, 5.74) is 1.58. The Balaban J connectivity index is 1.76. The van der Waals surface area contributed by atoms with Gasteiger partial charge in [-0.25, -0.2) is 12.8 Å². The Kier molecular flexibility index (Phi) is 5.62. The molecule has 32 heavy (non-hydrogen) atoms. The molecule has 0 aliphatic carbocycles. The number of amides is 1. The van der Waals surface area contributed by atoms with E-state index in [4.69, 9.17) is 9.47 Å². The minimum Gasteiger partial charge on any atom is -0.494 e. The van der Waals surface area contributed by atoms with E-state index in [0.717, 1.165) is 6.26 Å². The molecule has 1 amide bonds. The van der Waals surface area contributed by atoms with Gasteiger partial charge in [-0.15, -0.1) is 0 Å². The third-order valence-corrected chi connectivity index (χ3v) is 6.61. The second-order valence-corrected chi connectivity index (χ2v) is 10.1. The number of methoxy groups -OCH3 is 1. The molecule has 170 valence electrons. The number of carbonyl (C=O) groups excluding carboxylic acids is 1. The van der Waals surface area contributed by atoms with Crippen molar-refractivity contribution in [2.45, 2.75) is 37.9 Å². The second-order valence-electron chi connectivity index (χ2n) is 8.09. The quantitative estimate of drug-likeness (QED) is 0.581. The summed E-state index contributed by atoms with van der Waals surface area (Å²) in [7, 11) is -2.03. The number of ether oxygens (including phenoxy) is 2. The molecule has 0 fully saturated rings. The number of carbonyl (C=O) groups is 1. The van der Waals surface area contributed by atoms with Crippen LogP contribution in [0.1, 0.15) is 29.9 Å². The fourth-order valence-electron chi connectivity index (χ4n) is 4.09.